The molecule has 1 N–H and O–H groups in total. The molecule has 1 aromatic heterocycles. The minimum atomic E-state index is 0.759. The average molecular weight is 222 g/mol. The zero-order valence-electron chi connectivity index (χ0n) is 9.88. The van der Waals surface area contributed by atoms with Crippen molar-refractivity contribution in [2.75, 3.05) is 19.8 Å². The van der Waals surface area contributed by atoms with Crippen molar-refractivity contribution in [3.05, 3.63) is 28.7 Å². The third kappa shape index (κ3) is 2.71. The van der Waals surface area contributed by atoms with Crippen molar-refractivity contribution in [2.45, 2.75) is 26.8 Å². The lowest BCUT2D eigenvalue weighted by atomic mass is 10.1. The lowest BCUT2D eigenvalue weighted by molar-refractivity contribution is 0.148. The number of nitrogens with zero attached hydrogens (tertiary/aromatic N) is 1. The fraction of sp³-hybridized carbons (Fsp3) is 0.583. The largest absolute Gasteiger partial charge is 0.377 e. The Morgan fingerprint density at radius 1 is 1.38 bits per heavy atom. The van der Waals surface area contributed by atoms with Crippen LogP contribution in [-0.2, 0) is 11.3 Å². The molecule has 0 aliphatic carbocycles. The van der Waals surface area contributed by atoms with Crippen LogP contribution in [0, 0.1) is 13.8 Å². The fourth-order valence-corrected chi connectivity index (χ4v) is 1.83. The van der Waals surface area contributed by atoms with Gasteiger partial charge < -0.3 is 14.6 Å². The maximum atomic E-state index is 5.38. The zero-order valence-corrected chi connectivity index (χ0v) is 9.88. The first-order valence-electron chi connectivity index (χ1n) is 5.65. The van der Waals surface area contributed by atoms with Crippen molar-refractivity contribution in [2.24, 2.45) is 0 Å². The lowest BCUT2D eigenvalue weighted by Gasteiger charge is -2.14. The van der Waals surface area contributed by atoms with E-state index in [4.69, 9.17) is 9.26 Å². The van der Waals surface area contributed by atoms with Crippen LogP contribution in [0.4, 0.5) is 0 Å². The van der Waals surface area contributed by atoms with Crippen LogP contribution in [0.25, 0.3) is 0 Å². The van der Waals surface area contributed by atoms with Crippen molar-refractivity contribution in [1.29, 1.82) is 0 Å². The Hall–Kier alpha value is -1.13. The van der Waals surface area contributed by atoms with Gasteiger partial charge in [0.25, 0.3) is 0 Å². The molecule has 0 aromatic carbocycles. The second kappa shape index (κ2) is 5.27. The van der Waals surface area contributed by atoms with Crippen LogP contribution in [0.3, 0.4) is 0 Å². The summed E-state index contributed by atoms with van der Waals surface area (Å²) in [6.07, 6.45) is 3.28. The van der Waals surface area contributed by atoms with Gasteiger partial charge in [0, 0.05) is 18.7 Å². The molecule has 0 unspecified atom stereocenters. The number of aromatic nitrogens is 1. The number of rotatable bonds is 4. The molecule has 0 amide bonds. The van der Waals surface area contributed by atoms with Crippen LogP contribution in [0.5, 0.6) is 0 Å². The van der Waals surface area contributed by atoms with E-state index in [1.807, 2.05) is 13.8 Å². The number of hydrogen-bond donors (Lipinski definition) is 1. The standard InChI is InChI=1S/C12H18N2O2/c1-9-12(10(2)16-14-9)7-13-6-11-4-3-5-15-8-11/h4,13H,3,5-8H2,1-2H3. The van der Waals surface area contributed by atoms with Crippen molar-refractivity contribution in [3.63, 3.8) is 0 Å². The highest BCUT2D eigenvalue weighted by atomic mass is 16.5. The van der Waals surface area contributed by atoms with E-state index in [2.05, 4.69) is 16.5 Å². The van der Waals surface area contributed by atoms with E-state index in [0.29, 0.717) is 0 Å². The first kappa shape index (κ1) is 11.4. The molecule has 0 spiro atoms. The van der Waals surface area contributed by atoms with Gasteiger partial charge in [-0.15, -0.1) is 0 Å². The van der Waals surface area contributed by atoms with E-state index in [-0.39, 0.29) is 0 Å². The zero-order chi connectivity index (χ0) is 11.4. The maximum Gasteiger partial charge on any atom is 0.138 e. The molecule has 4 heteroatoms. The summed E-state index contributed by atoms with van der Waals surface area (Å²) >= 11 is 0. The molecular weight excluding hydrogens is 204 g/mol. The number of ether oxygens (including phenoxy) is 1. The molecule has 0 bridgehead atoms. The fourth-order valence-electron chi connectivity index (χ4n) is 1.83. The molecule has 1 aromatic rings. The summed E-state index contributed by atoms with van der Waals surface area (Å²) in [7, 11) is 0. The quantitative estimate of drug-likeness (QED) is 0.788. The molecule has 16 heavy (non-hydrogen) atoms. The van der Waals surface area contributed by atoms with E-state index in [9.17, 15) is 0 Å². The van der Waals surface area contributed by atoms with Gasteiger partial charge in [-0.2, -0.15) is 0 Å². The molecule has 4 nitrogen and oxygen atoms in total. The normalized spacial score (nSPS) is 16.2. The molecule has 0 radical (unpaired) electrons. The Kier molecular flexibility index (Phi) is 3.74. The second-order valence-corrected chi connectivity index (χ2v) is 4.11. The Bertz CT molecular complexity index is 363. The highest BCUT2D eigenvalue weighted by Gasteiger charge is 2.09. The van der Waals surface area contributed by atoms with E-state index < -0.39 is 0 Å². The predicted molar refractivity (Wildman–Crippen MR) is 61.2 cm³/mol. The molecule has 0 saturated heterocycles. The van der Waals surface area contributed by atoms with Crippen LogP contribution in [-0.4, -0.2) is 24.9 Å². The van der Waals surface area contributed by atoms with E-state index in [0.717, 1.165) is 49.7 Å². The van der Waals surface area contributed by atoms with Gasteiger partial charge >= 0.3 is 0 Å². The first-order chi connectivity index (χ1) is 7.77. The van der Waals surface area contributed by atoms with Crippen LogP contribution in [0.2, 0.25) is 0 Å². The summed E-state index contributed by atoms with van der Waals surface area (Å²) in [4.78, 5) is 0. The van der Waals surface area contributed by atoms with Gasteiger partial charge in [-0.1, -0.05) is 11.2 Å². The van der Waals surface area contributed by atoms with Gasteiger partial charge in [0.2, 0.25) is 0 Å². The number of hydrogen-bond acceptors (Lipinski definition) is 4. The average Bonchev–Trinajstić information content (AvgIpc) is 2.62. The SMILES string of the molecule is Cc1noc(C)c1CNCC1=CCCOC1. The van der Waals surface area contributed by atoms with Crippen molar-refractivity contribution in [3.8, 4) is 0 Å². The highest BCUT2D eigenvalue weighted by Crippen LogP contribution is 2.12. The van der Waals surface area contributed by atoms with Gasteiger partial charge in [0.15, 0.2) is 0 Å². The predicted octanol–water partition coefficient (Wildman–Crippen LogP) is 1.73. The van der Waals surface area contributed by atoms with Gasteiger partial charge in [0.05, 0.1) is 18.9 Å². The Balaban J connectivity index is 1.82. The van der Waals surface area contributed by atoms with Gasteiger partial charge in [-0.05, 0) is 25.8 Å². The number of nitrogens with one attached hydrogen (secondary N) is 1. The van der Waals surface area contributed by atoms with E-state index in [1.165, 1.54) is 5.57 Å². The lowest BCUT2D eigenvalue weighted by Crippen LogP contribution is -2.21. The molecule has 88 valence electrons. The summed E-state index contributed by atoms with van der Waals surface area (Å²) in [5.74, 6) is 0.902. The van der Waals surface area contributed by atoms with Crippen LogP contribution < -0.4 is 5.32 Å². The third-order valence-electron chi connectivity index (χ3n) is 2.82. The monoisotopic (exact) mass is 222 g/mol. The van der Waals surface area contributed by atoms with Crippen LogP contribution in [0.1, 0.15) is 23.4 Å². The molecule has 2 heterocycles. The molecule has 1 aliphatic rings. The molecule has 0 fully saturated rings. The summed E-state index contributed by atoms with van der Waals surface area (Å²) < 4.78 is 10.5. The van der Waals surface area contributed by atoms with Crippen molar-refractivity contribution in [1.82, 2.24) is 10.5 Å². The summed E-state index contributed by atoms with van der Waals surface area (Å²) in [5, 5.41) is 7.32. The maximum absolute atomic E-state index is 5.38. The van der Waals surface area contributed by atoms with Gasteiger partial charge in [-0.25, -0.2) is 0 Å². The number of aryl methyl sites for hydroxylation is 2. The van der Waals surface area contributed by atoms with Crippen molar-refractivity contribution < 1.29 is 9.26 Å². The molecule has 1 aliphatic heterocycles. The molecular formula is C12H18N2O2. The molecule has 2 rings (SSSR count). The molecule has 0 atom stereocenters. The van der Waals surface area contributed by atoms with Gasteiger partial charge in [-0.3, -0.25) is 0 Å². The van der Waals surface area contributed by atoms with E-state index in [1.54, 1.807) is 0 Å². The Morgan fingerprint density at radius 3 is 2.88 bits per heavy atom. The van der Waals surface area contributed by atoms with E-state index >= 15 is 0 Å². The Labute approximate surface area is 95.6 Å². The second-order valence-electron chi connectivity index (χ2n) is 4.11. The topological polar surface area (TPSA) is 47.3 Å². The first-order valence-corrected chi connectivity index (χ1v) is 5.65. The molecule has 0 saturated carbocycles. The van der Waals surface area contributed by atoms with Crippen LogP contribution >= 0.6 is 0 Å². The van der Waals surface area contributed by atoms with Crippen LogP contribution in [0.15, 0.2) is 16.2 Å². The minimum absolute atomic E-state index is 0.759. The Morgan fingerprint density at radius 2 is 2.25 bits per heavy atom. The van der Waals surface area contributed by atoms with Gasteiger partial charge in [0.1, 0.15) is 5.76 Å². The van der Waals surface area contributed by atoms with Crippen molar-refractivity contribution >= 4 is 0 Å². The summed E-state index contributed by atoms with van der Waals surface area (Å²) in [6, 6.07) is 0. The summed E-state index contributed by atoms with van der Waals surface area (Å²) in [5.41, 5.74) is 3.47. The minimum Gasteiger partial charge on any atom is -0.377 e. The smallest absolute Gasteiger partial charge is 0.138 e. The summed E-state index contributed by atoms with van der Waals surface area (Å²) in [6.45, 7) is 7.21. The highest BCUT2D eigenvalue weighted by molar-refractivity contribution is 5.20. The third-order valence-corrected chi connectivity index (χ3v) is 2.82.